The van der Waals surface area contributed by atoms with E-state index in [4.69, 9.17) is 10.5 Å². The Morgan fingerprint density at radius 3 is 2.95 bits per heavy atom. The van der Waals surface area contributed by atoms with Gasteiger partial charge < -0.3 is 15.8 Å². The summed E-state index contributed by atoms with van der Waals surface area (Å²) in [5, 5.41) is 3.20. The van der Waals surface area contributed by atoms with Gasteiger partial charge in [-0.05, 0) is 55.4 Å². The van der Waals surface area contributed by atoms with E-state index in [0.717, 1.165) is 31.9 Å². The Bertz CT molecular complexity index is 498. The highest BCUT2D eigenvalue weighted by Gasteiger charge is 2.13. The fourth-order valence-electron chi connectivity index (χ4n) is 3.02. The molecule has 1 fully saturated rings. The molecule has 1 saturated heterocycles. The van der Waals surface area contributed by atoms with Crippen LogP contribution in [0.5, 0.6) is 0 Å². The lowest BCUT2D eigenvalue weighted by atomic mass is 10.0. The van der Waals surface area contributed by atoms with E-state index in [-0.39, 0.29) is 24.0 Å². The Morgan fingerprint density at radius 1 is 1.29 bits per heavy atom. The summed E-state index contributed by atoms with van der Waals surface area (Å²) >= 11 is 0. The summed E-state index contributed by atoms with van der Waals surface area (Å²) in [6.45, 7) is 2.46. The van der Waals surface area contributed by atoms with Gasteiger partial charge >= 0.3 is 0 Å². The summed E-state index contributed by atoms with van der Waals surface area (Å²) in [7, 11) is 0. The van der Waals surface area contributed by atoms with Crippen molar-refractivity contribution in [2.75, 3.05) is 25.1 Å². The molecule has 116 valence electrons. The van der Waals surface area contributed by atoms with Gasteiger partial charge in [-0.2, -0.15) is 0 Å². The highest BCUT2D eigenvalue weighted by molar-refractivity contribution is 14.0. The first kappa shape index (κ1) is 16.5. The van der Waals surface area contributed by atoms with E-state index in [2.05, 4.69) is 28.5 Å². The van der Waals surface area contributed by atoms with Crippen molar-refractivity contribution >= 4 is 35.6 Å². The van der Waals surface area contributed by atoms with Gasteiger partial charge in [-0.25, -0.2) is 0 Å². The van der Waals surface area contributed by atoms with Crippen LogP contribution in [0.1, 0.15) is 30.4 Å². The van der Waals surface area contributed by atoms with Crippen LogP contribution in [0.2, 0.25) is 0 Å². The van der Waals surface area contributed by atoms with Gasteiger partial charge in [-0.1, -0.05) is 6.07 Å². The molecule has 1 unspecified atom stereocenters. The third kappa shape index (κ3) is 4.57. The van der Waals surface area contributed by atoms with Crippen molar-refractivity contribution in [2.45, 2.75) is 32.1 Å². The number of hydrogen-bond acceptors (Lipinski definition) is 2. The quantitative estimate of drug-likeness (QED) is 0.465. The first-order chi connectivity index (χ1) is 9.81. The molecule has 0 radical (unpaired) electrons. The van der Waals surface area contributed by atoms with Gasteiger partial charge in [0, 0.05) is 24.8 Å². The maximum atomic E-state index is 5.97. The average Bonchev–Trinajstić information content (AvgIpc) is 2.94. The Morgan fingerprint density at radius 2 is 2.14 bits per heavy atom. The number of nitrogens with two attached hydrogens (primary N) is 1. The molecular formula is C16H24IN3O. The molecule has 4 nitrogen and oxygen atoms in total. The van der Waals surface area contributed by atoms with Gasteiger partial charge in [0.15, 0.2) is 5.96 Å². The molecule has 0 amide bonds. The fraction of sp³-hybridized carbons (Fsp3) is 0.562. The zero-order valence-electron chi connectivity index (χ0n) is 12.3. The lowest BCUT2D eigenvalue weighted by Crippen LogP contribution is -2.26. The van der Waals surface area contributed by atoms with Crippen molar-refractivity contribution in [3.05, 3.63) is 29.3 Å². The van der Waals surface area contributed by atoms with Crippen LogP contribution in [0, 0.1) is 5.92 Å². The molecule has 21 heavy (non-hydrogen) atoms. The molecule has 1 aromatic rings. The summed E-state index contributed by atoms with van der Waals surface area (Å²) in [5.74, 6) is 1.03. The zero-order chi connectivity index (χ0) is 13.8. The van der Waals surface area contributed by atoms with Gasteiger partial charge in [0.25, 0.3) is 0 Å². The molecule has 1 aliphatic heterocycles. The molecule has 3 rings (SSSR count). The molecule has 1 heterocycles. The number of halogens is 1. The number of aryl methyl sites for hydroxylation is 2. The minimum atomic E-state index is 0. The van der Waals surface area contributed by atoms with E-state index in [1.165, 1.54) is 36.8 Å². The number of fused-ring (bicyclic) bond motifs is 1. The molecule has 3 N–H and O–H groups in total. The maximum Gasteiger partial charge on any atom is 0.193 e. The SMILES string of the molecule is I.NC(=NCC1CCCOC1)Nc1ccc2c(c1)CCC2. The molecule has 1 aromatic carbocycles. The third-order valence-corrected chi connectivity index (χ3v) is 4.15. The van der Waals surface area contributed by atoms with Gasteiger partial charge in [-0.15, -0.1) is 24.0 Å². The van der Waals surface area contributed by atoms with Crippen LogP contribution >= 0.6 is 24.0 Å². The van der Waals surface area contributed by atoms with Gasteiger partial charge in [0.2, 0.25) is 0 Å². The van der Waals surface area contributed by atoms with Gasteiger partial charge in [0.1, 0.15) is 0 Å². The number of ether oxygens (including phenoxy) is 1. The van der Waals surface area contributed by atoms with Gasteiger partial charge in [-0.3, -0.25) is 4.99 Å². The first-order valence-corrected chi connectivity index (χ1v) is 7.58. The van der Waals surface area contributed by atoms with E-state index in [1.807, 2.05) is 0 Å². The van der Waals surface area contributed by atoms with E-state index in [0.29, 0.717) is 11.9 Å². The highest BCUT2D eigenvalue weighted by Crippen LogP contribution is 2.24. The normalized spacial score (nSPS) is 21.5. The van der Waals surface area contributed by atoms with Crippen molar-refractivity contribution in [2.24, 2.45) is 16.6 Å². The van der Waals surface area contributed by atoms with E-state index >= 15 is 0 Å². The number of aliphatic imine (C=N–C) groups is 1. The van der Waals surface area contributed by atoms with Crippen LogP contribution in [0.25, 0.3) is 0 Å². The van der Waals surface area contributed by atoms with Crippen LogP contribution < -0.4 is 11.1 Å². The highest BCUT2D eigenvalue weighted by atomic mass is 127. The maximum absolute atomic E-state index is 5.97. The van der Waals surface area contributed by atoms with Crippen molar-refractivity contribution in [3.63, 3.8) is 0 Å². The van der Waals surface area contributed by atoms with Crippen molar-refractivity contribution in [3.8, 4) is 0 Å². The van der Waals surface area contributed by atoms with Crippen molar-refractivity contribution in [1.29, 1.82) is 0 Å². The smallest absolute Gasteiger partial charge is 0.193 e. The largest absolute Gasteiger partial charge is 0.381 e. The molecule has 0 saturated carbocycles. The van der Waals surface area contributed by atoms with Crippen LogP contribution in [-0.2, 0) is 17.6 Å². The molecular weight excluding hydrogens is 377 g/mol. The first-order valence-electron chi connectivity index (χ1n) is 7.58. The number of nitrogens with one attached hydrogen (secondary N) is 1. The molecule has 2 aliphatic rings. The molecule has 0 bridgehead atoms. The summed E-state index contributed by atoms with van der Waals surface area (Å²) in [4.78, 5) is 4.44. The van der Waals surface area contributed by atoms with Crippen molar-refractivity contribution in [1.82, 2.24) is 0 Å². The lowest BCUT2D eigenvalue weighted by Gasteiger charge is -2.20. The fourth-order valence-corrected chi connectivity index (χ4v) is 3.02. The second-order valence-electron chi connectivity index (χ2n) is 5.77. The summed E-state index contributed by atoms with van der Waals surface area (Å²) in [5.41, 5.74) is 9.94. The van der Waals surface area contributed by atoms with Crippen molar-refractivity contribution < 1.29 is 4.74 Å². The van der Waals surface area contributed by atoms with Crippen LogP contribution in [-0.4, -0.2) is 25.7 Å². The number of guanidine groups is 1. The molecule has 0 spiro atoms. The number of benzene rings is 1. The van der Waals surface area contributed by atoms with Crippen LogP contribution in [0.3, 0.4) is 0 Å². The summed E-state index contributed by atoms with van der Waals surface area (Å²) in [6, 6.07) is 6.50. The minimum absolute atomic E-state index is 0. The van der Waals surface area contributed by atoms with Gasteiger partial charge in [0.05, 0.1) is 6.61 Å². The number of anilines is 1. The average molecular weight is 401 g/mol. The Labute approximate surface area is 143 Å². The molecule has 5 heteroatoms. The van der Waals surface area contributed by atoms with E-state index < -0.39 is 0 Å². The van der Waals surface area contributed by atoms with Crippen LogP contribution in [0.15, 0.2) is 23.2 Å². The topological polar surface area (TPSA) is 59.6 Å². The standard InChI is InChI=1S/C16H23N3O.HI/c17-16(18-10-12-3-2-8-20-11-12)19-15-7-6-13-4-1-5-14(13)9-15;/h6-7,9,12H,1-5,8,10-11H2,(H3,17,18,19);1H. The predicted octanol–water partition coefficient (Wildman–Crippen LogP) is 2.95. The second-order valence-corrected chi connectivity index (χ2v) is 5.77. The third-order valence-electron chi connectivity index (χ3n) is 4.15. The van der Waals surface area contributed by atoms with Crippen LogP contribution in [0.4, 0.5) is 5.69 Å². The molecule has 1 aliphatic carbocycles. The predicted molar refractivity (Wildman–Crippen MR) is 97.5 cm³/mol. The summed E-state index contributed by atoms with van der Waals surface area (Å²) < 4.78 is 5.45. The minimum Gasteiger partial charge on any atom is -0.381 e. The van der Waals surface area contributed by atoms with E-state index in [1.54, 1.807) is 0 Å². The molecule has 0 aromatic heterocycles. The lowest BCUT2D eigenvalue weighted by molar-refractivity contribution is 0.0582. The number of nitrogens with zero attached hydrogens (tertiary/aromatic N) is 1. The Kier molecular flexibility index (Phi) is 6.29. The second kappa shape index (κ2) is 7.98. The summed E-state index contributed by atoms with van der Waals surface area (Å²) in [6.07, 6.45) is 5.99. The van der Waals surface area contributed by atoms with E-state index in [9.17, 15) is 0 Å². The Balaban J connectivity index is 0.00000161. The number of rotatable bonds is 3. The zero-order valence-corrected chi connectivity index (χ0v) is 14.6. The Hall–Kier alpha value is -0.820. The molecule has 1 atom stereocenters. The monoisotopic (exact) mass is 401 g/mol. The number of hydrogen-bond donors (Lipinski definition) is 2.